The molecule has 0 aromatic carbocycles. The second-order valence-electron chi connectivity index (χ2n) is 5.60. The first-order valence-corrected chi connectivity index (χ1v) is 8.56. The summed E-state index contributed by atoms with van der Waals surface area (Å²) in [7, 11) is 0.300. The molecule has 0 radical (unpaired) electrons. The van der Waals surface area contributed by atoms with Crippen LogP contribution in [-0.4, -0.2) is 61.1 Å². The predicted molar refractivity (Wildman–Crippen MR) is 77.9 cm³/mol. The fraction of sp³-hybridized carbons (Fsp3) is 0.769. The van der Waals surface area contributed by atoms with Gasteiger partial charge in [0.05, 0.1) is 6.20 Å². The summed E-state index contributed by atoms with van der Waals surface area (Å²) < 4.78 is 28.3. The largest absolute Gasteiger partial charge is 0.306 e. The topological polar surface area (TPSA) is 58.4 Å². The monoisotopic (exact) mass is 300 g/mol. The third kappa shape index (κ3) is 3.21. The van der Waals surface area contributed by atoms with Gasteiger partial charge in [0.1, 0.15) is 0 Å². The van der Waals surface area contributed by atoms with Gasteiger partial charge in [-0.2, -0.15) is 9.40 Å². The Morgan fingerprint density at radius 2 is 2.25 bits per heavy atom. The van der Waals surface area contributed by atoms with Crippen LogP contribution in [0.5, 0.6) is 0 Å². The molecule has 0 unspecified atom stereocenters. The standard InChI is InChI=1S/C13H24N4O2S/c1-4-8-17-13(5-7-14-17)20(18,19)16(3)11-12-6-9-15(2)10-12/h5,7,12H,4,6,8-11H2,1-3H3/t12-/m1/s1. The lowest BCUT2D eigenvalue weighted by atomic mass is 10.1. The summed E-state index contributed by atoms with van der Waals surface area (Å²) in [5.41, 5.74) is 0. The van der Waals surface area contributed by atoms with E-state index in [1.807, 2.05) is 6.92 Å². The zero-order valence-corrected chi connectivity index (χ0v) is 13.3. The van der Waals surface area contributed by atoms with E-state index in [0.717, 1.165) is 25.9 Å². The number of nitrogens with zero attached hydrogens (tertiary/aromatic N) is 4. The van der Waals surface area contributed by atoms with Gasteiger partial charge in [-0.15, -0.1) is 0 Å². The average Bonchev–Trinajstić information content (AvgIpc) is 2.99. The molecule has 2 rings (SSSR count). The fourth-order valence-corrected chi connectivity index (χ4v) is 4.08. The van der Waals surface area contributed by atoms with Gasteiger partial charge in [0.25, 0.3) is 10.0 Å². The SMILES string of the molecule is CCCn1nccc1S(=O)(=O)N(C)C[C@@H]1CCN(C)C1. The van der Waals surface area contributed by atoms with Crippen LogP contribution in [0.3, 0.4) is 0 Å². The zero-order chi connectivity index (χ0) is 14.8. The molecule has 1 atom stereocenters. The molecule has 2 heterocycles. The summed E-state index contributed by atoms with van der Waals surface area (Å²) in [4.78, 5) is 2.24. The van der Waals surface area contributed by atoms with Crippen molar-refractivity contribution in [2.45, 2.75) is 31.3 Å². The molecule has 1 aliphatic heterocycles. The molecule has 0 saturated carbocycles. The first-order chi connectivity index (χ1) is 9.45. The lowest BCUT2D eigenvalue weighted by molar-refractivity contribution is 0.354. The van der Waals surface area contributed by atoms with Gasteiger partial charge >= 0.3 is 0 Å². The highest BCUT2D eigenvalue weighted by Crippen LogP contribution is 2.20. The maximum absolute atomic E-state index is 12.6. The smallest absolute Gasteiger partial charge is 0.259 e. The van der Waals surface area contributed by atoms with Gasteiger partial charge in [0, 0.05) is 26.7 Å². The van der Waals surface area contributed by atoms with E-state index in [1.165, 1.54) is 4.31 Å². The third-order valence-electron chi connectivity index (χ3n) is 3.79. The van der Waals surface area contributed by atoms with Crippen LogP contribution >= 0.6 is 0 Å². The molecule has 0 amide bonds. The molecule has 1 aromatic heterocycles. The molecule has 1 fully saturated rings. The number of rotatable bonds is 6. The molecule has 20 heavy (non-hydrogen) atoms. The average molecular weight is 300 g/mol. The summed E-state index contributed by atoms with van der Waals surface area (Å²) in [6, 6.07) is 1.59. The van der Waals surface area contributed by atoms with Crippen LogP contribution in [0.2, 0.25) is 0 Å². The minimum Gasteiger partial charge on any atom is -0.306 e. The molecule has 1 saturated heterocycles. The first-order valence-electron chi connectivity index (χ1n) is 7.12. The highest BCUT2D eigenvalue weighted by molar-refractivity contribution is 7.89. The van der Waals surface area contributed by atoms with E-state index in [1.54, 1.807) is 24.0 Å². The molecule has 0 N–H and O–H groups in total. The Kier molecular flexibility index (Phi) is 4.82. The van der Waals surface area contributed by atoms with E-state index >= 15 is 0 Å². The van der Waals surface area contributed by atoms with E-state index < -0.39 is 10.0 Å². The van der Waals surface area contributed by atoms with Crippen molar-refractivity contribution >= 4 is 10.0 Å². The number of likely N-dealkylation sites (tertiary alicyclic amines) is 1. The van der Waals surface area contributed by atoms with Crippen LogP contribution in [0.1, 0.15) is 19.8 Å². The Bertz CT molecular complexity index is 540. The van der Waals surface area contributed by atoms with Gasteiger partial charge in [-0.1, -0.05) is 6.92 Å². The summed E-state index contributed by atoms with van der Waals surface area (Å²) in [6.07, 6.45) is 3.48. The Balaban J connectivity index is 2.10. The lowest BCUT2D eigenvalue weighted by Crippen LogP contribution is -2.34. The summed E-state index contributed by atoms with van der Waals surface area (Å²) in [5, 5.41) is 4.40. The van der Waals surface area contributed by atoms with Crippen molar-refractivity contribution in [2.75, 3.05) is 33.7 Å². The van der Waals surface area contributed by atoms with Gasteiger partial charge in [-0.25, -0.2) is 8.42 Å². The number of hydrogen-bond donors (Lipinski definition) is 0. The second kappa shape index (κ2) is 6.24. The zero-order valence-electron chi connectivity index (χ0n) is 12.5. The van der Waals surface area contributed by atoms with E-state index in [-0.39, 0.29) is 0 Å². The maximum atomic E-state index is 12.6. The van der Waals surface area contributed by atoms with Gasteiger partial charge in [-0.05, 0) is 38.4 Å². The number of aryl methyl sites for hydroxylation is 1. The molecule has 0 spiro atoms. The predicted octanol–water partition coefficient (Wildman–Crippen LogP) is 0.865. The van der Waals surface area contributed by atoms with Gasteiger partial charge in [-0.3, -0.25) is 4.68 Å². The highest BCUT2D eigenvalue weighted by atomic mass is 32.2. The van der Waals surface area contributed by atoms with Crippen LogP contribution in [0.15, 0.2) is 17.3 Å². The molecule has 1 aromatic rings. The molecular formula is C13H24N4O2S. The Hall–Kier alpha value is -0.920. The highest BCUT2D eigenvalue weighted by Gasteiger charge is 2.29. The number of sulfonamides is 1. The number of hydrogen-bond acceptors (Lipinski definition) is 4. The van der Waals surface area contributed by atoms with E-state index in [4.69, 9.17) is 0 Å². The molecule has 6 nitrogen and oxygen atoms in total. The van der Waals surface area contributed by atoms with E-state index in [2.05, 4.69) is 17.0 Å². The van der Waals surface area contributed by atoms with Crippen molar-refractivity contribution in [2.24, 2.45) is 5.92 Å². The minimum atomic E-state index is -3.44. The Labute approximate surface area is 121 Å². The van der Waals surface area contributed by atoms with Crippen molar-refractivity contribution in [1.82, 2.24) is 19.0 Å². The van der Waals surface area contributed by atoms with Crippen LogP contribution in [-0.2, 0) is 16.6 Å². The molecular weight excluding hydrogens is 276 g/mol. The summed E-state index contributed by atoms with van der Waals surface area (Å²) in [5.74, 6) is 0.419. The van der Waals surface area contributed by atoms with E-state index in [0.29, 0.717) is 24.0 Å². The molecule has 1 aliphatic rings. The Morgan fingerprint density at radius 3 is 2.85 bits per heavy atom. The first kappa shape index (κ1) is 15.5. The third-order valence-corrected chi connectivity index (χ3v) is 5.64. The maximum Gasteiger partial charge on any atom is 0.259 e. The van der Waals surface area contributed by atoms with Gasteiger partial charge in [0.15, 0.2) is 5.03 Å². The molecule has 0 bridgehead atoms. The van der Waals surface area contributed by atoms with E-state index in [9.17, 15) is 8.42 Å². The van der Waals surface area contributed by atoms with Crippen molar-refractivity contribution in [3.63, 3.8) is 0 Å². The fourth-order valence-electron chi connectivity index (χ4n) is 2.72. The summed E-state index contributed by atoms with van der Waals surface area (Å²) >= 11 is 0. The van der Waals surface area contributed by atoms with Gasteiger partial charge < -0.3 is 4.90 Å². The van der Waals surface area contributed by atoms with Crippen LogP contribution in [0.25, 0.3) is 0 Å². The minimum absolute atomic E-state index is 0.299. The van der Waals surface area contributed by atoms with Crippen molar-refractivity contribution in [1.29, 1.82) is 0 Å². The van der Waals surface area contributed by atoms with Crippen LogP contribution in [0.4, 0.5) is 0 Å². The molecule has 114 valence electrons. The molecule has 0 aliphatic carbocycles. The van der Waals surface area contributed by atoms with Crippen LogP contribution < -0.4 is 0 Å². The van der Waals surface area contributed by atoms with Crippen LogP contribution in [0, 0.1) is 5.92 Å². The summed E-state index contributed by atoms with van der Waals surface area (Å²) in [6.45, 7) is 5.22. The normalized spacial score (nSPS) is 20.9. The lowest BCUT2D eigenvalue weighted by Gasteiger charge is -2.21. The van der Waals surface area contributed by atoms with Crippen molar-refractivity contribution < 1.29 is 8.42 Å². The van der Waals surface area contributed by atoms with Gasteiger partial charge in [0.2, 0.25) is 0 Å². The molecule has 7 heteroatoms. The second-order valence-corrected chi connectivity index (χ2v) is 7.59. The van der Waals surface area contributed by atoms with Crippen molar-refractivity contribution in [3.8, 4) is 0 Å². The number of aromatic nitrogens is 2. The van der Waals surface area contributed by atoms with Crippen molar-refractivity contribution in [3.05, 3.63) is 12.3 Å². The quantitative estimate of drug-likeness (QED) is 0.782. The Morgan fingerprint density at radius 1 is 1.50 bits per heavy atom.